The molecule has 0 aliphatic carbocycles. The predicted octanol–water partition coefficient (Wildman–Crippen LogP) is 2.47. The van der Waals surface area contributed by atoms with Crippen LogP contribution in [0.25, 0.3) is 0 Å². The number of ether oxygens (including phenoxy) is 1. The van der Waals surface area contributed by atoms with Crippen LogP contribution in [-0.2, 0) is 20.9 Å². The van der Waals surface area contributed by atoms with Crippen LogP contribution in [0.15, 0.2) is 17.5 Å². The summed E-state index contributed by atoms with van der Waals surface area (Å²) >= 11 is 1.54. The number of nitrogens with one attached hydrogen (secondary N) is 1. The number of carbonyl (C=O) groups excluding carboxylic acids is 3. The molecule has 1 atom stereocenters. The first-order chi connectivity index (χ1) is 13.4. The predicted molar refractivity (Wildman–Crippen MR) is 107 cm³/mol. The summed E-state index contributed by atoms with van der Waals surface area (Å²) in [6.45, 7) is 5.70. The van der Waals surface area contributed by atoms with Crippen molar-refractivity contribution in [2.45, 2.75) is 45.2 Å². The third kappa shape index (κ3) is 4.07. The Morgan fingerprint density at radius 3 is 2.64 bits per heavy atom. The second-order valence-corrected chi connectivity index (χ2v) is 9.09. The molecular weight excluding hydrogens is 378 g/mol. The zero-order valence-corrected chi connectivity index (χ0v) is 17.6. The highest BCUT2D eigenvalue weighted by atomic mass is 32.1. The number of piperidine rings is 1. The molecule has 0 saturated carbocycles. The fourth-order valence-electron chi connectivity index (χ4n) is 4.41. The van der Waals surface area contributed by atoms with Gasteiger partial charge >= 0.3 is 6.03 Å². The van der Waals surface area contributed by atoms with E-state index in [1.54, 1.807) is 16.2 Å². The molecule has 1 aromatic heterocycles. The van der Waals surface area contributed by atoms with Gasteiger partial charge in [-0.15, -0.1) is 11.3 Å². The molecule has 3 rings (SSSR count). The van der Waals surface area contributed by atoms with Crippen molar-refractivity contribution in [2.75, 3.05) is 26.8 Å². The van der Waals surface area contributed by atoms with Gasteiger partial charge in [0.15, 0.2) is 0 Å². The Bertz CT molecular complexity index is 713. The van der Waals surface area contributed by atoms with Crippen LogP contribution < -0.4 is 5.32 Å². The van der Waals surface area contributed by atoms with Crippen molar-refractivity contribution < 1.29 is 19.1 Å². The third-order valence-corrected chi connectivity index (χ3v) is 6.50. The van der Waals surface area contributed by atoms with Gasteiger partial charge in [-0.05, 0) is 42.5 Å². The molecule has 2 aliphatic heterocycles. The summed E-state index contributed by atoms with van der Waals surface area (Å²) in [6.07, 6.45) is 2.00. The van der Waals surface area contributed by atoms with Gasteiger partial charge in [0.05, 0.1) is 6.54 Å². The summed E-state index contributed by atoms with van der Waals surface area (Å²) in [5.41, 5.74) is -0.876. The number of methoxy groups -OCH3 is 1. The van der Waals surface area contributed by atoms with Gasteiger partial charge < -0.3 is 15.0 Å². The minimum Gasteiger partial charge on any atom is -0.375 e. The monoisotopic (exact) mass is 407 g/mol. The fraction of sp³-hybridized carbons (Fsp3) is 0.650. The van der Waals surface area contributed by atoms with Crippen molar-refractivity contribution >= 4 is 29.2 Å². The molecular formula is C20H29N3O4S. The lowest BCUT2D eigenvalue weighted by molar-refractivity contribution is -0.139. The molecule has 2 aliphatic rings. The highest BCUT2D eigenvalue weighted by molar-refractivity contribution is 7.09. The number of hydrogen-bond donors (Lipinski definition) is 1. The van der Waals surface area contributed by atoms with Gasteiger partial charge in [-0.1, -0.05) is 19.9 Å². The molecule has 154 valence electrons. The molecule has 8 heteroatoms. The summed E-state index contributed by atoms with van der Waals surface area (Å²) in [5, 5.41) is 5.01. The van der Waals surface area contributed by atoms with Crippen LogP contribution in [0.1, 0.15) is 38.0 Å². The van der Waals surface area contributed by atoms with E-state index in [0.29, 0.717) is 38.9 Å². The third-order valence-electron chi connectivity index (χ3n) is 5.64. The molecule has 0 aromatic carbocycles. The van der Waals surface area contributed by atoms with Crippen molar-refractivity contribution in [1.29, 1.82) is 0 Å². The van der Waals surface area contributed by atoms with Crippen molar-refractivity contribution in [1.82, 2.24) is 15.1 Å². The van der Waals surface area contributed by atoms with E-state index in [2.05, 4.69) is 19.2 Å². The summed E-state index contributed by atoms with van der Waals surface area (Å²) in [5.74, 6) is 0.131. The lowest BCUT2D eigenvalue weighted by atomic mass is 9.73. The van der Waals surface area contributed by atoms with Crippen molar-refractivity contribution in [2.24, 2.45) is 11.8 Å². The first kappa shape index (κ1) is 20.8. The molecule has 0 unspecified atom stereocenters. The molecule has 1 N–H and O–H groups in total. The Morgan fingerprint density at radius 2 is 2.07 bits per heavy atom. The standard InChI is InChI=1S/C20H29N3O4S/c1-14(2)11-20(15-6-8-22(9-7-15)17(24)13-27-3)18(25)23(19(26)21-20)12-16-5-4-10-28-16/h4-5,10,14-15H,6-9,11-13H2,1-3H3,(H,21,26)/t20-/m0/s1. The quantitative estimate of drug-likeness (QED) is 0.705. The Hall–Kier alpha value is -1.93. The second kappa shape index (κ2) is 8.61. The SMILES string of the molecule is COCC(=O)N1CCC([C@]2(CC(C)C)NC(=O)N(Cc3cccs3)C2=O)CC1. The van der Waals surface area contributed by atoms with Gasteiger partial charge in [0.2, 0.25) is 5.91 Å². The van der Waals surface area contributed by atoms with E-state index in [1.807, 2.05) is 17.5 Å². The van der Waals surface area contributed by atoms with E-state index in [9.17, 15) is 14.4 Å². The number of carbonyl (C=O) groups is 3. The number of thiophene rings is 1. The molecule has 0 radical (unpaired) electrons. The van der Waals surface area contributed by atoms with E-state index in [4.69, 9.17) is 4.74 Å². The van der Waals surface area contributed by atoms with Crippen molar-refractivity contribution in [3.63, 3.8) is 0 Å². The average molecular weight is 408 g/mol. The van der Waals surface area contributed by atoms with Crippen LogP contribution in [0.5, 0.6) is 0 Å². The van der Waals surface area contributed by atoms with Gasteiger partial charge in [-0.3, -0.25) is 14.5 Å². The molecule has 0 bridgehead atoms. The summed E-state index contributed by atoms with van der Waals surface area (Å²) < 4.78 is 4.94. The van der Waals surface area contributed by atoms with Gasteiger partial charge in [-0.25, -0.2) is 4.79 Å². The van der Waals surface area contributed by atoms with E-state index in [1.165, 1.54) is 12.0 Å². The highest BCUT2D eigenvalue weighted by Gasteiger charge is 2.56. The van der Waals surface area contributed by atoms with E-state index in [-0.39, 0.29) is 36.3 Å². The summed E-state index contributed by atoms with van der Waals surface area (Å²) in [6, 6.07) is 3.55. The maximum atomic E-state index is 13.5. The highest BCUT2D eigenvalue weighted by Crippen LogP contribution is 2.38. The normalized spacial score (nSPS) is 23.6. The van der Waals surface area contributed by atoms with Crippen LogP contribution in [0.4, 0.5) is 4.79 Å². The number of nitrogens with zero attached hydrogens (tertiary/aromatic N) is 2. The molecule has 7 nitrogen and oxygen atoms in total. The number of amides is 4. The summed E-state index contributed by atoms with van der Waals surface area (Å²) in [4.78, 5) is 42.4. The second-order valence-electron chi connectivity index (χ2n) is 8.06. The zero-order chi connectivity index (χ0) is 20.3. The minimum atomic E-state index is -0.876. The minimum absolute atomic E-state index is 0.0197. The maximum absolute atomic E-state index is 13.5. The molecule has 4 amide bonds. The Morgan fingerprint density at radius 1 is 1.36 bits per heavy atom. The maximum Gasteiger partial charge on any atom is 0.325 e. The van der Waals surface area contributed by atoms with Crippen LogP contribution in [0, 0.1) is 11.8 Å². The van der Waals surface area contributed by atoms with Crippen LogP contribution >= 0.6 is 11.3 Å². The number of likely N-dealkylation sites (tertiary alicyclic amines) is 1. The number of hydrogen-bond acceptors (Lipinski definition) is 5. The molecule has 1 aromatic rings. The molecule has 0 spiro atoms. The topological polar surface area (TPSA) is 79.0 Å². The lowest BCUT2D eigenvalue weighted by Gasteiger charge is -2.41. The Labute approximate surface area is 170 Å². The Kier molecular flexibility index (Phi) is 6.40. The smallest absolute Gasteiger partial charge is 0.325 e. The molecule has 2 fully saturated rings. The van der Waals surface area contributed by atoms with Gasteiger partial charge in [-0.2, -0.15) is 0 Å². The molecule has 3 heterocycles. The first-order valence-corrected chi connectivity index (χ1v) is 10.7. The van der Waals surface area contributed by atoms with Crippen LogP contribution in [-0.4, -0.2) is 60.0 Å². The summed E-state index contributed by atoms with van der Waals surface area (Å²) in [7, 11) is 1.51. The first-order valence-electron chi connectivity index (χ1n) is 9.80. The molecule has 28 heavy (non-hydrogen) atoms. The van der Waals surface area contributed by atoms with E-state index < -0.39 is 5.54 Å². The average Bonchev–Trinajstić information content (AvgIpc) is 3.25. The van der Waals surface area contributed by atoms with Gasteiger partial charge in [0.25, 0.3) is 5.91 Å². The lowest BCUT2D eigenvalue weighted by Crippen LogP contribution is -2.57. The van der Waals surface area contributed by atoms with Crippen molar-refractivity contribution in [3.8, 4) is 0 Å². The van der Waals surface area contributed by atoms with Crippen LogP contribution in [0.2, 0.25) is 0 Å². The number of imide groups is 1. The largest absolute Gasteiger partial charge is 0.375 e. The van der Waals surface area contributed by atoms with Gasteiger partial charge in [0, 0.05) is 25.1 Å². The van der Waals surface area contributed by atoms with E-state index in [0.717, 1.165) is 4.88 Å². The molecule has 2 saturated heterocycles. The zero-order valence-electron chi connectivity index (χ0n) is 16.8. The van der Waals surface area contributed by atoms with Crippen molar-refractivity contribution in [3.05, 3.63) is 22.4 Å². The van der Waals surface area contributed by atoms with Crippen LogP contribution in [0.3, 0.4) is 0 Å². The fourth-order valence-corrected chi connectivity index (χ4v) is 5.10. The Balaban J connectivity index is 1.77. The van der Waals surface area contributed by atoms with Gasteiger partial charge in [0.1, 0.15) is 12.1 Å². The number of rotatable bonds is 7. The number of urea groups is 1. The van der Waals surface area contributed by atoms with E-state index >= 15 is 0 Å².